The van der Waals surface area contributed by atoms with Crippen LogP contribution in [0.4, 0.5) is 18.9 Å². The molecule has 0 aliphatic carbocycles. The van der Waals surface area contributed by atoms with Crippen LogP contribution in [-0.4, -0.2) is 5.91 Å². The topological polar surface area (TPSA) is 55.1 Å². The Morgan fingerprint density at radius 2 is 1.75 bits per heavy atom. The molecule has 2 rings (SSSR count). The maximum atomic E-state index is 12.8. The van der Waals surface area contributed by atoms with Crippen molar-refractivity contribution in [2.75, 3.05) is 5.32 Å². The minimum atomic E-state index is -4.46. The monoisotopic (exact) mass is 336 g/mol. The SMILES string of the molecule is Cc1ccc(C(F)(F)F)cc1NC(=O)C(C)C(N)c1ccccc1. The Balaban J connectivity index is 2.17. The van der Waals surface area contributed by atoms with E-state index in [1.807, 2.05) is 30.3 Å². The summed E-state index contributed by atoms with van der Waals surface area (Å²) in [6.45, 7) is 3.29. The van der Waals surface area contributed by atoms with E-state index in [4.69, 9.17) is 5.73 Å². The van der Waals surface area contributed by atoms with Gasteiger partial charge in [-0.2, -0.15) is 13.2 Å². The van der Waals surface area contributed by atoms with Crippen molar-refractivity contribution < 1.29 is 18.0 Å². The Morgan fingerprint density at radius 3 is 2.33 bits per heavy atom. The van der Waals surface area contributed by atoms with Gasteiger partial charge in [-0.15, -0.1) is 0 Å². The number of anilines is 1. The van der Waals surface area contributed by atoms with Crippen molar-refractivity contribution in [1.82, 2.24) is 0 Å². The Morgan fingerprint density at radius 1 is 1.12 bits per heavy atom. The van der Waals surface area contributed by atoms with Gasteiger partial charge in [-0.25, -0.2) is 0 Å². The fourth-order valence-corrected chi connectivity index (χ4v) is 2.31. The molecular weight excluding hydrogens is 317 g/mol. The summed E-state index contributed by atoms with van der Waals surface area (Å²) >= 11 is 0. The molecule has 0 spiro atoms. The molecule has 2 aromatic carbocycles. The molecule has 0 bridgehead atoms. The summed E-state index contributed by atoms with van der Waals surface area (Å²) in [6, 6.07) is 11.8. The summed E-state index contributed by atoms with van der Waals surface area (Å²) in [5, 5.41) is 2.55. The van der Waals surface area contributed by atoms with Crippen LogP contribution in [-0.2, 0) is 11.0 Å². The van der Waals surface area contributed by atoms with E-state index in [2.05, 4.69) is 5.32 Å². The Labute approximate surface area is 138 Å². The van der Waals surface area contributed by atoms with Crippen molar-refractivity contribution in [3.63, 3.8) is 0 Å². The number of hydrogen-bond acceptors (Lipinski definition) is 2. The first-order valence-corrected chi connectivity index (χ1v) is 7.49. The molecule has 3 N–H and O–H groups in total. The Hall–Kier alpha value is -2.34. The van der Waals surface area contributed by atoms with E-state index in [9.17, 15) is 18.0 Å². The van der Waals surface area contributed by atoms with Crippen LogP contribution in [0.3, 0.4) is 0 Å². The normalized spacial score (nSPS) is 14.1. The van der Waals surface area contributed by atoms with Gasteiger partial charge in [0.25, 0.3) is 0 Å². The third-order valence-corrected chi connectivity index (χ3v) is 3.96. The van der Waals surface area contributed by atoms with Gasteiger partial charge in [-0.1, -0.05) is 43.3 Å². The molecule has 1 amide bonds. The van der Waals surface area contributed by atoms with Gasteiger partial charge in [0.1, 0.15) is 0 Å². The van der Waals surface area contributed by atoms with Crippen LogP contribution < -0.4 is 11.1 Å². The molecule has 0 aliphatic rings. The maximum Gasteiger partial charge on any atom is 0.416 e. The molecule has 2 aromatic rings. The molecule has 6 heteroatoms. The average molecular weight is 336 g/mol. The number of aryl methyl sites for hydroxylation is 1. The van der Waals surface area contributed by atoms with Crippen molar-refractivity contribution in [1.29, 1.82) is 0 Å². The lowest BCUT2D eigenvalue weighted by Crippen LogP contribution is -2.30. The van der Waals surface area contributed by atoms with Gasteiger partial charge >= 0.3 is 6.18 Å². The number of nitrogens with one attached hydrogen (secondary N) is 1. The summed E-state index contributed by atoms with van der Waals surface area (Å²) in [6.07, 6.45) is -4.46. The van der Waals surface area contributed by atoms with Gasteiger partial charge in [0.15, 0.2) is 0 Å². The molecule has 2 unspecified atom stereocenters. The van der Waals surface area contributed by atoms with E-state index in [0.29, 0.717) is 5.56 Å². The van der Waals surface area contributed by atoms with Crippen molar-refractivity contribution >= 4 is 11.6 Å². The predicted molar refractivity (Wildman–Crippen MR) is 87.3 cm³/mol. The molecule has 0 aliphatic heterocycles. The summed E-state index contributed by atoms with van der Waals surface area (Å²) in [5.41, 5.74) is 6.77. The standard InChI is InChI=1S/C18H19F3N2O/c1-11-8-9-14(18(19,20)21)10-15(11)23-17(24)12(2)16(22)13-6-4-3-5-7-13/h3-10,12,16H,22H2,1-2H3,(H,23,24). The number of carbonyl (C=O) groups excluding carboxylic acids is 1. The molecule has 24 heavy (non-hydrogen) atoms. The third-order valence-electron chi connectivity index (χ3n) is 3.96. The van der Waals surface area contributed by atoms with Crippen molar-refractivity contribution in [2.45, 2.75) is 26.1 Å². The molecule has 0 aromatic heterocycles. The van der Waals surface area contributed by atoms with E-state index in [1.54, 1.807) is 13.8 Å². The highest BCUT2D eigenvalue weighted by atomic mass is 19.4. The van der Waals surface area contributed by atoms with Gasteiger partial charge in [-0.3, -0.25) is 4.79 Å². The third kappa shape index (κ3) is 4.14. The number of rotatable bonds is 4. The first-order chi connectivity index (χ1) is 11.2. The fraction of sp³-hybridized carbons (Fsp3) is 0.278. The highest BCUT2D eigenvalue weighted by Gasteiger charge is 2.31. The predicted octanol–water partition coefficient (Wildman–Crippen LogP) is 4.29. The molecule has 0 radical (unpaired) electrons. The van der Waals surface area contributed by atoms with Crippen molar-refractivity contribution in [2.24, 2.45) is 11.7 Å². The number of carbonyl (C=O) groups is 1. The molecule has 128 valence electrons. The summed E-state index contributed by atoms with van der Waals surface area (Å²) in [5.74, 6) is -1.02. The van der Waals surface area contributed by atoms with Gasteiger partial charge in [0.2, 0.25) is 5.91 Å². The van der Waals surface area contributed by atoms with Crippen LogP contribution in [0.1, 0.15) is 29.7 Å². The zero-order valence-electron chi connectivity index (χ0n) is 13.4. The molecule has 0 saturated carbocycles. The first-order valence-electron chi connectivity index (χ1n) is 7.49. The zero-order valence-corrected chi connectivity index (χ0v) is 13.4. The Bertz CT molecular complexity index is 714. The molecule has 0 fully saturated rings. The largest absolute Gasteiger partial charge is 0.416 e. The molecule has 0 heterocycles. The molecule has 0 saturated heterocycles. The number of amides is 1. The van der Waals surface area contributed by atoms with Crippen LogP contribution in [0.15, 0.2) is 48.5 Å². The van der Waals surface area contributed by atoms with Crippen molar-refractivity contribution in [3.05, 3.63) is 65.2 Å². The summed E-state index contributed by atoms with van der Waals surface area (Å²) in [4.78, 5) is 12.4. The fourth-order valence-electron chi connectivity index (χ4n) is 2.31. The van der Waals surface area contributed by atoms with Crippen LogP contribution in [0.2, 0.25) is 0 Å². The highest BCUT2D eigenvalue weighted by molar-refractivity contribution is 5.93. The second kappa shape index (κ2) is 7.05. The van der Waals surface area contributed by atoms with Crippen LogP contribution in [0.25, 0.3) is 0 Å². The van der Waals surface area contributed by atoms with Gasteiger partial charge in [-0.05, 0) is 30.2 Å². The van der Waals surface area contributed by atoms with E-state index < -0.39 is 29.6 Å². The smallest absolute Gasteiger partial charge is 0.326 e. The molecule has 3 nitrogen and oxygen atoms in total. The van der Waals surface area contributed by atoms with Gasteiger partial charge < -0.3 is 11.1 Å². The first kappa shape index (κ1) is 18.0. The highest BCUT2D eigenvalue weighted by Crippen LogP contribution is 2.32. The lowest BCUT2D eigenvalue weighted by molar-refractivity contribution is -0.137. The maximum absolute atomic E-state index is 12.8. The number of alkyl halides is 3. The second-order valence-corrected chi connectivity index (χ2v) is 5.74. The second-order valence-electron chi connectivity index (χ2n) is 5.74. The van der Waals surface area contributed by atoms with E-state index in [-0.39, 0.29) is 5.69 Å². The molecule has 2 atom stereocenters. The minimum Gasteiger partial charge on any atom is -0.326 e. The van der Waals surface area contributed by atoms with E-state index in [0.717, 1.165) is 17.7 Å². The van der Waals surface area contributed by atoms with Crippen LogP contribution >= 0.6 is 0 Å². The summed E-state index contributed by atoms with van der Waals surface area (Å²) in [7, 11) is 0. The minimum absolute atomic E-state index is 0.141. The Kier molecular flexibility index (Phi) is 5.29. The van der Waals surface area contributed by atoms with Crippen LogP contribution in [0, 0.1) is 12.8 Å². The molecular formula is C18H19F3N2O. The van der Waals surface area contributed by atoms with E-state index >= 15 is 0 Å². The number of hydrogen-bond donors (Lipinski definition) is 2. The zero-order chi connectivity index (χ0) is 17.9. The number of benzene rings is 2. The lowest BCUT2D eigenvalue weighted by atomic mass is 9.94. The number of halogens is 3. The number of nitrogens with two attached hydrogens (primary N) is 1. The summed E-state index contributed by atoms with van der Waals surface area (Å²) < 4.78 is 38.4. The van der Waals surface area contributed by atoms with Gasteiger partial charge in [0, 0.05) is 11.7 Å². The van der Waals surface area contributed by atoms with Gasteiger partial charge in [0.05, 0.1) is 11.5 Å². The van der Waals surface area contributed by atoms with Crippen molar-refractivity contribution in [3.8, 4) is 0 Å². The quantitative estimate of drug-likeness (QED) is 0.875. The van der Waals surface area contributed by atoms with Crippen LogP contribution in [0.5, 0.6) is 0 Å². The average Bonchev–Trinajstić information content (AvgIpc) is 2.55. The lowest BCUT2D eigenvalue weighted by Gasteiger charge is -2.21. The van der Waals surface area contributed by atoms with E-state index in [1.165, 1.54) is 6.07 Å².